The predicted octanol–water partition coefficient (Wildman–Crippen LogP) is 0.435. The molecule has 16 heavy (non-hydrogen) atoms. The molecule has 0 aromatic heterocycles. The van der Waals surface area contributed by atoms with Crippen LogP contribution < -0.4 is 16.4 Å². The molecular weight excluding hydrogens is 202 g/mol. The highest BCUT2D eigenvalue weighted by atomic mass is 15.3. The van der Waals surface area contributed by atoms with E-state index in [1.807, 2.05) is 32.8 Å². The lowest BCUT2D eigenvalue weighted by atomic mass is 10.3. The zero-order valence-corrected chi connectivity index (χ0v) is 10.7. The Kier molecular flexibility index (Phi) is 5.60. The maximum Gasteiger partial charge on any atom is 0.198 e. The highest BCUT2D eigenvalue weighted by Crippen LogP contribution is 1.93. The second kappa shape index (κ2) is 6.17. The minimum absolute atomic E-state index is 0.520. The molecule has 0 aliphatic rings. The summed E-state index contributed by atoms with van der Waals surface area (Å²) in [5.74, 6) is 1.32. The lowest BCUT2D eigenvalue weighted by Gasteiger charge is -2.26. The summed E-state index contributed by atoms with van der Waals surface area (Å²) >= 11 is 0. The maximum atomic E-state index is 5.86. The Hall–Kier alpha value is -1.49. The van der Waals surface area contributed by atoms with E-state index >= 15 is 0 Å². The molecule has 0 unspecified atom stereocenters. The standard InChI is InChI=1S/C11H23N5/c1-7-8-13-10(15-11(3,4)12)14-9(2)16(5)6/h7H,1-2,8,12H2,3-6H3,(H2,13,14,15). The van der Waals surface area contributed by atoms with Gasteiger partial charge in [-0.2, -0.15) is 0 Å². The molecule has 0 amide bonds. The monoisotopic (exact) mass is 225 g/mol. The Morgan fingerprint density at radius 2 is 2.06 bits per heavy atom. The second-order valence-electron chi connectivity index (χ2n) is 4.29. The summed E-state index contributed by atoms with van der Waals surface area (Å²) in [6, 6.07) is 0. The van der Waals surface area contributed by atoms with E-state index in [0.717, 1.165) is 5.82 Å². The summed E-state index contributed by atoms with van der Waals surface area (Å²) in [6.07, 6.45) is 1.71. The van der Waals surface area contributed by atoms with Crippen molar-refractivity contribution in [2.24, 2.45) is 10.7 Å². The van der Waals surface area contributed by atoms with Crippen LogP contribution >= 0.6 is 0 Å². The topological polar surface area (TPSA) is 65.7 Å². The molecule has 0 aliphatic heterocycles. The van der Waals surface area contributed by atoms with Crippen molar-refractivity contribution in [3.63, 3.8) is 0 Å². The molecule has 4 N–H and O–H groups in total. The first-order valence-corrected chi connectivity index (χ1v) is 5.12. The van der Waals surface area contributed by atoms with Crippen LogP contribution in [0.3, 0.4) is 0 Å². The molecule has 5 heteroatoms. The van der Waals surface area contributed by atoms with Crippen LogP contribution in [0.4, 0.5) is 0 Å². The van der Waals surface area contributed by atoms with Gasteiger partial charge in [0.2, 0.25) is 0 Å². The van der Waals surface area contributed by atoms with E-state index < -0.39 is 5.66 Å². The number of hydrogen-bond acceptors (Lipinski definition) is 3. The SMILES string of the molecule is C=CCN=C(NC(=C)N(C)C)NC(C)(C)N. The maximum absolute atomic E-state index is 5.86. The van der Waals surface area contributed by atoms with Crippen LogP contribution in [0.5, 0.6) is 0 Å². The van der Waals surface area contributed by atoms with Crippen LogP contribution in [-0.2, 0) is 0 Å². The quantitative estimate of drug-likeness (QED) is 0.275. The molecule has 0 fully saturated rings. The third-order valence-electron chi connectivity index (χ3n) is 1.62. The van der Waals surface area contributed by atoms with Gasteiger partial charge in [-0.05, 0) is 13.8 Å². The van der Waals surface area contributed by atoms with Crippen molar-refractivity contribution in [2.45, 2.75) is 19.5 Å². The first-order chi connectivity index (χ1) is 7.26. The lowest BCUT2D eigenvalue weighted by Crippen LogP contribution is -2.55. The van der Waals surface area contributed by atoms with Gasteiger partial charge in [0.05, 0.1) is 12.2 Å². The van der Waals surface area contributed by atoms with Crippen molar-refractivity contribution in [3.8, 4) is 0 Å². The van der Waals surface area contributed by atoms with Gasteiger partial charge < -0.3 is 21.3 Å². The van der Waals surface area contributed by atoms with Crippen molar-refractivity contribution < 1.29 is 0 Å². The predicted molar refractivity (Wildman–Crippen MR) is 69.9 cm³/mol. The molecule has 0 saturated heterocycles. The van der Waals surface area contributed by atoms with E-state index in [1.54, 1.807) is 6.08 Å². The van der Waals surface area contributed by atoms with Gasteiger partial charge in [0.1, 0.15) is 5.82 Å². The highest BCUT2D eigenvalue weighted by molar-refractivity contribution is 5.82. The summed E-state index contributed by atoms with van der Waals surface area (Å²) in [5, 5.41) is 6.11. The minimum atomic E-state index is -0.542. The van der Waals surface area contributed by atoms with Crippen LogP contribution in [-0.4, -0.2) is 37.2 Å². The van der Waals surface area contributed by atoms with E-state index in [-0.39, 0.29) is 0 Å². The third kappa shape index (κ3) is 6.89. The molecule has 0 atom stereocenters. The Morgan fingerprint density at radius 3 is 2.44 bits per heavy atom. The van der Waals surface area contributed by atoms with Crippen LogP contribution in [0, 0.1) is 0 Å². The molecule has 0 heterocycles. The second-order valence-corrected chi connectivity index (χ2v) is 4.29. The third-order valence-corrected chi connectivity index (χ3v) is 1.62. The van der Waals surface area contributed by atoms with E-state index in [2.05, 4.69) is 28.8 Å². The van der Waals surface area contributed by atoms with Crippen LogP contribution in [0.2, 0.25) is 0 Å². The molecule has 0 aromatic carbocycles. The lowest BCUT2D eigenvalue weighted by molar-refractivity contribution is 0.457. The van der Waals surface area contributed by atoms with Gasteiger partial charge in [0.25, 0.3) is 0 Å². The van der Waals surface area contributed by atoms with Crippen molar-refractivity contribution in [2.75, 3.05) is 20.6 Å². The van der Waals surface area contributed by atoms with E-state index in [1.165, 1.54) is 0 Å². The van der Waals surface area contributed by atoms with Gasteiger partial charge in [-0.3, -0.25) is 0 Å². The molecule has 0 bridgehead atoms. The fourth-order valence-electron chi connectivity index (χ4n) is 0.820. The molecule has 5 nitrogen and oxygen atoms in total. The Balaban J connectivity index is 4.56. The molecule has 0 rings (SSSR count). The van der Waals surface area contributed by atoms with Crippen LogP contribution in [0.15, 0.2) is 30.0 Å². The van der Waals surface area contributed by atoms with Gasteiger partial charge >= 0.3 is 0 Å². The normalized spacial score (nSPS) is 11.9. The summed E-state index contributed by atoms with van der Waals surface area (Å²) in [4.78, 5) is 6.11. The first kappa shape index (κ1) is 14.5. The Bertz CT molecular complexity index is 273. The molecule has 92 valence electrons. The van der Waals surface area contributed by atoms with Crippen LogP contribution in [0.25, 0.3) is 0 Å². The molecule has 0 spiro atoms. The van der Waals surface area contributed by atoms with E-state index in [4.69, 9.17) is 5.73 Å². The molecule has 0 radical (unpaired) electrons. The zero-order chi connectivity index (χ0) is 12.8. The van der Waals surface area contributed by atoms with Gasteiger partial charge in [-0.1, -0.05) is 12.7 Å². The average Bonchev–Trinajstić information content (AvgIpc) is 2.11. The number of rotatable bonds is 5. The number of aliphatic imine (C=N–C) groups is 1. The van der Waals surface area contributed by atoms with Crippen molar-refractivity contribution in [3.05, 3.63) is 25.1 Å². The van der Waals surface area contributed by atoms with Gasteiger partial charge in [0.15, 0.2) is 5.96 Å². The van der Waals surface area contributed by atoms with E-state index in [0.29, 0.717) is 12.5 Å². The minimum Gasteiger partial charge on any atom is -0.365 e. The zero-order valence-electron chi connectivity index (χ0n) is 10.7. The number of hydrogen-bond donors (Lipinski definition) is 3. The number of nitrogens with zero attached hydrogens (tertiary/aromatic N) is 2. The molecule has 0 saturated carbocycles. The van der Waals surface area contributed by atoms with Gasteiger partial charge in [0, 0.05) is 14.1 Å². The van der Waals surface area contributed by atoms with Gasteiger partial charge in [-0.15, -0.1) is 6.58 Å². The fraction of sp³-hybridized carbons (Fsp3) is 0.545. The van der Waals surface area contributed by atoms with E-state index in [9.17, 15) is 0 Å². The molecule has 0 aromatic rings. The summed E-state index contributed by atoms with van der Waals surface area (Å²) in [6.45, 7) is 11.7. The Labute approximate surface area is 98.1 Å². The number of nitrogens with two attached hydrogens (primary N) is 1. The summed E-state index contributed by atoms with van der Waals surface area (Å²) < 4.78 is 0. The first-order valence-electron chi connectivity index (χ1n) is 5.12. The number of nitrogens with one attached hydrogen (secondary N) is 2. The van der Waals surface area contributed by atoms with Crippen molar-refractivity contribution in [1.82, 2.24) is 15.5 Å². The average molecular weight is 225 g/mol. The largest absolute Gasteiger partial charge is 0.365 e. The molecular formula is C11H23N5. The summed E-state index contributed by atoms with van der Waals surface area (Å²) in [5.41, 5.74) is 5.32. The smallest absolute Gasteiger partial charge is 0.198 e. The molecule has 0 aliphatic carbocycles. The van der Waals surface area contributed by atoms with Crippen LogP contribution in [0.1, 0.15) is 13.8 Å². The van der Waals surface area contributed by atoms with Crippen molar-refractivity contribution in [1.29, 1.82) is 0 Å². The Morgan fingerprint density at radius 1 is 1.50 bits per heavy atom. The van der Waals surface area contributed by atoms with Gasteiger partial charge in [-0.25, -0.2) is 4.99 Å². The highest BCUT2D eigenvalue weighted by Gasteiger charge is 2.13. The summed E-state index contributed by atoms with van der Waals surface area (Å²) in [7, 11) is 3.79. The van der Waals surface area contributed by atoms with Crippen molar-refractivity contribution >= 4 is 5.96 Å². The number of guanidine groups is 1. The fourth-order valence-corrected chi connectivity index (χ4v) is 0.820.